The van der Waals surface area contributed by atoms with Crippen LogP contribution < -0.4 is 16.0 Å². The lowest BCUT2D eigenvalue weighted by Gasteiger charge is -2.22. The third-order valence-electron chi connectivity index (χ3n) is 3.59. The highest BCUT2D eigenvalue weighted by Gasteiger charge is 2.39. The molecule has 0 bridgehead atoms. The van der Waals surface area contributed by atoms with Crippen LogP contribution in [-0.4, -0.2) is 29.8 Å². The van der Waals surface area contributed by atoms with Crippen molar-refractivity contribution < 1.29 is 31.1 Å². The molecule has 0 fully saturated rings. The van der Waals surface area contributed by atoms with E-state index in [2.05, 4.69) is 10.3 Å². The standard InChI is InChI=1S/C17H16F6N4O/c18-16(19,20)12-6-7-24-14(8-12)27-15(28)26-10-13(17(21,22)23)25-9-11-4-2-1-3-5-11/h1-8,13,25H,9-10H2,(H2,24,26,27,28)/t13-/m0/s1. The van der Waals surface area contributed by atoms with Gasteiger partial charge in [0.15, 0.2) is 0 Å². The molecule has 0 saturated carbocycles. The van der Waals surface area contributed by atoms with Gasteiger partial charge in [-0.1, -0.05) is 30.3 Å². The van der Waals surface area contributed by atoms with Crippen LogP contribution in [0.25, 0.3) is 0 Å². The molecule has 1 heterocycles. The average Bonchev–Trinajstić information content (AvgIpc) is 2.61. The second-order valence-electron chi connectivity index (χ2n) is 5.72. The number of halogens is 6. The Balaban J connectivity index is 1.92. The number of alkyl halides is 6. The zero-order chi connectivity index (χ0) is 20.8. The van der Waals surface area contributed by atoms with Crippen LogP contribution in [0.2, 0.25) is 0 Å². The molecule has 28 heavy (non-hydrogen) atoms. The summed E-state index contributed by atoms with van der Waals surface area (Å²) in [6.45, 7) is -0.898. The molecule has 0 saturated heterocycles. The van der Waals surface area contributed by atoms with Crippen molar-refractivity contribution >= 4 is 11.8 Å². The molecule has 0 spiro atoms. The van der Waals surface area contributed by atoms with Gasteiger partial charge in [-0.3, -0.25) is 5.32 Å². The first-order chi connectivity index (χ1) is 13.1. The quantitative estimate of drug-likeness (QED) is 0.637. The van der Waals surface area contributed by atoms with Gasteiger partial charge in [-0.05, 0) is 17.7 Å². The van der Waals surface area contributed by atoms with E-state index in [0.717, 1.165) is 6.20 Å². The normalized spacial score (nSPS) is 13.1. The Hall–Kier alpha value is -2.82. The summed E-state index contributed by atoms with van der Waals surface area (Å²) in [6.07, 6.45) is -8.45. The third-order valence-corrected chi connectivity index (χ3v) is 3.59. The van der Waals surface area contributed by atoms with Gasteiger partial charge in [0.1, 0.15) is 11.9 Å². The SMILES string of the molecule is O=C(NC[C@H](NCc1ccccc1)C(F)(F)F)Nc1cc(C(F)(F)F)ccn1. The second kappa shape index (κ2) is 8.91. The summed E-state index contributed by atoms with van der Waals surface area (Å²) in [4.78, 5) is 15.3. The van der Waals surface area contributed by atoms with E-state index in [-0.39, 0.29) is 6.54 Å². The van der Waals surface area contributed by atoms with Crippen LogP contribution >= 0.6 is 0 Å². The van der Waals surface area contributed by atoms with Crippen LogP contribution in [0.15, 0.2) is 48.7 Å². The maximum Gasteiger partial charge on any atom is 0.416 e. The predicted octanol–water partition coefficient (Wildman–Crippen LogP) is 3.94. The van der Waals surface area contributed by atoms with Crippen molar-refractivity contribution in [2.75, 3.05) is 11.9 Å². The van der Waals surface area contributed by atoms with Crippen molar-refractivity contribution in [3.63, 3.8) is 0 Å². The number of aromatic nitrogens is 1. The summed E-state index contributed by atoms with van der Waals surface area (Å²) in [5.41, 5.74) is -0.426. The third kappa shape index (κ3) is 6.72. The Labute approximate surface area is 156 Å². The van der Waals surface area contributed by atoms with Crippen LogP contribution in [0.1, 0.15) is 11.1 Å². The number of nitrogens with one attached hydrogen (secondary N) is 3. The lowest BCUT2D eigenvalue weighted by Crippen LogP contribution is -2.50. The smallest absolute Gasteiger partial charge is 0.336 e. The van der Waals surface area contributed by atoms with Crippen LogP contribution in [0.5, 0.6) is 0 Å². The van der Waals surface area contributed by atoms with Crippen LogP contribution in [-0.2, 0) is 12.7 Å². The van der Waals surface area contributed by atoms with Gasteiger partial charge in [-0.15, -0.1) is 0 Å². The van der Waals surface area contributed by atoms with Crippen LogP contribution in [0.3, 0.4) is 0 Å². The molecule has 5 nitrogen and oxygen atoms in total. The van der Waals surface area contributed by atoms with Gasteiger partial charge in [0.2, 0.25) is 0 Å². The molecule has 2 rings (SSSR count). The Kier molecular flexibility index (Phi) is 6.84. The van der Waals surface area contributed by atoms with E-state index in [1.54, 1.807) is 30.3 Å². The summed E-state index contributed by atoms with van der Waals surface area (Å²) in [5, 5.41) is 6.25. The fourth-order valence-corrected chi connectivity index (χ4v) is 2.17. The number of carbonyl (C=O) groups excluding carboxylic acids is 1. The number of anilines is 1. The fourth-order valence-electron chi connectivity index (χ4n) is 2.17. The molecule has 0 aliphatic heterocycles. The molecule has 2 aromatic rings. The number of pyridine rings is 1. The van der Waals surface area contributed by atoms with Crippen molar-refractivity contribution in [2.45, 2.75) is 24.9 Å². The summed E-state index contributed by atoms with van der Waals surface area (Å²) in [7, 11) is 0. The largest absolute Gasteiger partial charge is 0.416 e. The molecule has 0 aliphatic carbocycles. The number of urea groups is 1. The number of hydrogen-bond donors (Lipinski definition) is 3. The summed E-state index contributed by atoms with van der Waals surface area (Å²) >= 11 is 0. The molecular weight excluding hydrogens is 390 g/mol. The van der Waals surface area contributed by atoms with E-state index in [0.29, 0.717) is 17.7 Å². The second-order valence-corrected chi connectivity index (χ2v) is 5.72. The predicted molar refractivity (Wildman–Crippen MR) is 89.4 cm³/mol. The first-order valence-corrected chi connectivity index (χ1v) is 7.98. The van der Waals surface area contributed by atoms with Gasteiger partial charge in [0.25, 0.3) is 0 Å². The van der Waals surface area contributed by atoms with Gasteiger partial charge in [-0.25, -0.2) is 9.78 Å². The van der Waals surface area contributed by atoms with Crippen LogP contribution in [0, 0.1) is 0 Å². The molecule has 2 amide bonds. The number of carbonyl (C=O) groups is 1. The van der Waals surface area contributed by atoms with E-state index >= 15 is 0 Å². The molecule has 152 valence electrons. The first-order valence-electron chi connectivity index (χ1n) is 7.98. The van der Waals surface area contributed by atoms with Gasteiger partial charge >= 0.3 is 18.4 Å². The molecule has 1 aromatic carbocycles. The first kappa shape index (κ1) is 21.5. The average molecular weight is 406 g/mol. The lowest BCUT2D eigenvalue weighted by atomic mass is 10.2. The Morgan fingerprint density at radius 1 is 1.04 bits per heavy atom. The molecule has 0 unspecified atom stereocenters. The topological polar surface area (TPSA) is 66.1 Å². The van der Waals surface area contributed by atoms with E-state index in [9.17, 15) is 31.1 Å². The molecular formula is C17H16F6N4O. The van der Waals surface area contributed by atoms with Gasteiger partial charge in [0, 0.05) is 19.3 Å². The molecule has 1 aromatic heterocycles. The molecule has 11 heteroatoms. The number of benzene rings is 1. The number of rotatable bonds is 6. The minimum Gasteiger partial charge on any atom is -0.336 e. The molecule has 3 N–H and O–H groups in total. The number of nitrogens with zero attached hydrogens (tertiary/aromatic N) is 1. The highest BCUT2D eigenvalue weighted by molar-refractivity contribution is 5.88. The summed E-state index contributed by atoms with van der Waals surface area (Å²) in [6, 6.07) is 6.47. The van der Waals surface area contributed by atoms with Gasteiger partial charge in [0.05, 0.1) is 5.56 Å². The maximum absolute atomic E-state index is 13.1. The van der Waals surface area contributed by atoms with Gasteiger partial charge in [-0.2, -0.15) is 26.3 Å². The lowest BCUT2D eigenvalue weighted by molar-refractivity contribution is -0.154. The monoisotopic (exact) mass is 406 g/mol. The zero-order valence-electron chi connectivity index (χ0n) is 14.2. The van der Waals surface area contributed by atoms with Crippen molar-refractivity contribution in [2.24, 2.45) is 0 Å². The van der Waals surface area contributed by atoms with Crippen molar-refractivity contribution in [3.8, 4) is 0 Å². The Bertz CT molecular complexity index is 779. The fraction of sp³-hybridized carbons (Fsp3) is 0.294. The molecule has 1 atom stereocenters. The number of hydrogen-bond acceptors (Lipinski definition) is 3. The highest BCUT2D eigenvalue weighted by Crippen LogP contribution is 2.29. The molecule has 0 radical (unpaired) electrons. The van der Waals surface area contributed by atoms with Crippen molar-refractivity contribution in [1.29, 1.82) is 0 Å². The minimum absolute atomic E-state index is 0.0799. The zero-order valence-corrected chi connectivity index (χ0v) is 14.2. The van der Waals surface area contributed by atoms with E-state index in [4.69, 9.17) is 0 Å². The molecule has 0 aliphatic rings. The van der Waals surface area contributed by atoms with Crippen molar-refractivity contribution in [1.82, 2.24) is 15.6 Å². The minimum atomic E-state index is -4.64. The number of amides is 2. The highest BCUT2D eigenvalue weighted by atomic mass is 19.4. The van der Waals surface area contributed by atoms with Crippen molar-refractivity contribution in [3.05, 3.63) is 59.8 Å². The van der Waals surface area contributed by atoms with E-state index in [1.807, 2.05) is 10.6 Å². The maximum atomic E-state index is 13.1. The van der Waals surface area contributed by atoms with E-state index < -0.39 is 42.4 Å². The summed E-state index contributed by atoms with van der Waals surface area (Å²) < 4.78 is 77.2. The Morgan fingerprint density at radius 3 is 2.32 bits per heavy atom. The Morgan fingerprint density at radius 2 is 1.71 bits per heavy atom. The van der Waals surface area contributed by atoms with Gasteiger partial charge < -0.3 is 10.6 Å². The van der Waals surface area contributed by atoms with E-state index in [1.165, 1.54) is 0 Å². The summed E-state index contributed by atoms with van der Waals surface area (Å²) in [5.74, 6) is -0.437. The van der Waals surface area contributed by atoms with Crippen LogP contribution in [0.4, 0.5) is 37.0 Å².